The van der Waals surface area contributed by atoms with E-state index in [-0.39, 0.29) is 18.1 Å². The van der Waals surface area contributed by atoms with Crippen LogP contribution in [-0.4, -0.2) is 63.5 Å². The Morgan fingerprint density at radius 1 is 1.33 bits per heavy atom. The molecule has 132 valence electrons. The Morgan fingerprint density at radius 3 is 3.12 bits per heavy atom. The zero-order valence-corrected chi connectivity index (χ0v) is 14.4. The number of nitrogens with zero attached hydrogens (tertiary/aromatic N) is 4. The third-order valence-electron chi connectivity index (χ3n) is 5.56. The van der Waals surface area contributed by atoms with E-state index in [0.717, 1.165) is 50.4 Å². The van der Waals surface area contributed by atoms with Crippen LogP contribution in [0.15, 0.2) is 0 Å². The zero-order chi connectivity index (χ0) is 16.5. The monoisotopic (exact) mass is 333 g/mol. The van der Waals surface area contributed by atoms with Gasteiger partial charge in [-0.05, 0) is 26.2 Å². The largest absolute Gasteiger partial charge is 0.374 e. The first-order valence-electron chi connectivity index (χ1n) is 9.25. The quantitative estimate of drug-likeness (QED) is 0.880. The Morgan fingerprint density at radius 2 is 2.21 bits per heavy atom. The van der Waals surface area contributed by atoms with Crippen LogP contribution in [0.1, 0.15) is 43.8 Å². The fraction of sp³-hybridized carbons (Fsp3) is 0.824. The predicted molar refractivity (Wildman–Crippen MR) is 88.6 cm³/mol. The molecule has 0 spiro atoms. The summed E-state index contributed by atoms with van der Waals surface area (Å²) in [5.41, 5.74) is 0. The number of amides is 1. The van der Waals surface area contributed by atoms with E-state index in [1.54, 1.807) is 0 Å². The van der Waals surface area contributed by atoms with Crippen molar-refractivity contribution in [3.05, 3.63) is 11.6 Å². The van der Waals surface area contributed by atoms with Crippen LogP contribution in [0.25, 0.3) is 0 Å². The maximum Gasteiger partial charge on any atom is 0.236 e. The van der Waals surface area contributed by atoms with Crippen LogP contribution < -0.4 is 5.32 Å². The standard InChI is InChI=1S/C17H27N5O2/c1-12-19-16-7-6-13(11-22(16)20-12)18-10-17(23)21-8-9-24-15-5-3-2-4-14(15)21/h13-15,18H,2-11H2,1H3/t13-,14-,15+/m1/s1. The molecular formula is C17H27N5O2. The molecule has 0 aromatic carbocycles. The highest BCUT2D eigenvalue weighted by molar-refractivity contribution is 5.78. The van der Waals surface area contributed by atoms with E-state index in [1.807, 2.05) is 11.6 Å². The number of morpholine rings is 1. The summed E-state index contributed by atoms with van der Waals surface area (Å²) in [6.45, 7) is 4.56. The third-order valence-corrected chi connectivity index (χ3v) is 5.56. The molecule has 1 amide bonds. The molecule has 2 fully saturated rings. The molecule has 7 heteroatoms. The molecule has 1 aliphatic carbocycles. The minimum Gasteiger partial charge on any atom is -0.374 e. The fourth-order valence-corrected chi connectivity index (χ4v) is 4.34. The van der Waals surface area contributed by atoms with Gasteiger partial charge in [-0.1, -0.05) is 12.8 Å². The number of aryl methyl sites for hydroxylation is 2. The van der Waals surface area contributed by atoms with Crippen molar-refractivity contribution in [3.63, 3.8) is 0 Å². The molecule has 1 aromatic rings. The number of ether oxygens (including phenoxy) is 1. The molecule has 1 saturated heterocycles. The number of carbonyl (C=O) groups is 1. The topological polar surface area (TPSA) is 72.3 Å². The molecule has 0 unspecified atom stereocenters. The number of aromatic nitrogens is 3. The molecular weight excluding hydrogens is 306 g/mol. The van der Waals surface area contributed by atoms with Crippen LogP contribution in [0.4, 0.5) is 0 Å². The summed E-state index contributed by atoms with van der Waals surface area (Å²) < 4.78 is 7.84. The van der Waals surface area contributed by atoms with Crippen LogP contribution >= 0.6 is 0 Å². The van der Waals surface area contributed by atoms with E-state index in [2.05, 4.69) is 20.3 Å². The molecule has 1 saturated carbocycles. The minimum absolute atomic E-state index is 0.218. The number of nitrogens with one attached hydrogen (secondary N) is 1. The average Bonchev–Trinajstić information content (AvgIpc) is 2.98. The van der Waals surface area contributed by atoms with E-state index in [1.165, 1.54) is 12.8 Å². The Balaban J connectivity index is 1.32. The molecule has 1 N–H and O–H groups in total. The summed E-state index contributed by atoms with van der Waals surface area (Å²) in [6, 6.07) is 0.587. The van der Waals surface area contributed by atoms with Crippen molar-refractivity contribution in [2.75, 3.05) is 19.7 Å². The van der Waals surface area contributed by atoms with Crippen molar-refractivity contribution in [2.45, 2.75) is 70.2 Å². The summed E-state index contributed by atoms with van der Waals surface area (Å²) >= 11 is 0. The predicted octanol–water partition coefficient (Wildman–Crippen LogP) is 0.661. The number of rotatable bonds is 3. The Labute approximate surface area is 142 Å². The van der Waals surface area contributed by atoms with Crippen molar-refractivity contribution in [1.82, 2.24) is 25.0 Å². The number of hydrogen-bond acceptors (Lipinski definition) is 5. The van der Waals surface area contributed by atoms with Crippen LogP contribution in [0.3, 0.4) is 0 Å². The smallest absolute Gasteiger partial charge is 0.236 e. The summed E-state index contributed by atoms with van der Waals surface area (Å²) in [6.07, 6.45) is 6.81. The molecule has 7 nitrogen and oxygen atoms in total. The van der Waals surface area contributed by atoms with Crippen molar-refractivity contribution < 1.29 is 9.53 Å². The second-order valence-electron chi connectivity index (χ2n) is 7.22. The zero-order valence-electron chi connectivity index (χ0n) is 14.4. The SMILES string of the molecule is Cc1nc2n(n1)C[C@H](NCC(=O)N1CCO[C@H]3CCCC[C@H]31)CC2. The normalized spacial score (nSPS) is 29.9. The van der Waals surface area contributed by atoms with Gasteiger partial charge in [0, 0.05) is 19.0 Å². The van der Waals surface area contributed by atoms with E-state index in [9.17, 15) is 4.79 Å². The highest BCUT2D eigenvalue weighted by Crippen LogP contribution is 2.28. The van der Waals surface area contributed by atoms with Gasteiger partial charge >= 0.3 is 0 Å². The highest BCUT2D eigenvalue weighted by Gasteiger charge is 2.36. The molecule has 0 radical (unpaired) electrons. The van der Waals surface area contributed by atoms with E-state index in [0.29, 0.717) is 19.2 Å². The molecule has 0 bridgehead atoms. The average molecular weight is 333 g/mol. The molecule has 24 heavy (non-hydrogen) atoms. The first-order chi connectivity index (χ1) is 11.7. The first-order valence-corrected chi connectivity index (χ1v) is 9.25. The molecule has 3 atom stereocenters. The van der Waals surface area contributed by atoms with Gasteiger partial charge in [0.1, 0.15) is 11.6 Å². The van der Waals surface area contributed by atoms with Gasteiger partial charge in [0.25, 0.3) is 0 Å². The molecule has 3 aliphatic rings. The lowest BCUT2D eigenvalue weighted by Gasteiger charge is -2.44. The van der Waals surface area contributed by atoms with Gasteiger partial charge in [-0.25, -0.2) is 9.67 Å². The number of carbonyl (C=O) groups excluding carboxylic acids is 1. The third kappa shape index (κ3) is 3.19. The minimum atomic E-state index is 0.218. The Kier molecular flexibility index (Phi) is 4.54. The number of hydrogen-bond donors (Lipinski definition) is 1. The lowest BCUT2D eigenvalue weighted by Crippen LogP contribution is -2.57. The lowest BCUT2D eigenvalue weighted by atomic mass is 9.90. The number of fused-ring (bicyclic) bond motifs is 2. The fourth-order valence-electron chi connectivity index (χ4n) is 4.34. The van der Waals surface area contributed by atoms with Gasteiger partial charge < -0.3 is 15.0 Å². The van der Waals surface area contributed by atoms with E-state index >= 15 is 0 Å². The van der Waals surface area contributed by atoms with Crippen molar-refractivity contribution >= 4 is 5.91 Å². The van der Waals surface area contributed by atoms with Crippen molar-refractivity contribution in [1.29, 1.82) is 0 Å². The second kappa shape index (κ2) is 6.80. The summed E-state index contributed by atoms with van der Waals surface area (Å²) in [5.74, 6) is 2.12. The summed E-state index contributed by atoms with van der Waals surface area (Å²) in [7, 11) is 0. The van der Waals surface area contributed by atoms with Crippen molar-refractivity contribution in [2.24, 2.45) is 0 Å². The van der Waals surface area contributed by atoms with Crippen molar-refractivity contribution in [3.8, 4) is 0 Å². The molecule has 2 aliphatic heterocycles. The van der Waals surface area contributed by atoms with Crippen LogP contribution in [0.2, 0.25) is 0 Å². The van der Waals surface area contributed by atoms with Gasteiger partial charge in [-0.3, -0.25) is 4.79 Å². The summed E-state index contributed by atoms with van der Waals surface area (Å²) in [5, 5.41) is 7.87. The maximum atomic E-state index is 12.7. The van der Waals surface area contributed by atoms with Gasteiger partial charge in [-0.2, -0.15) is 5.10 Å². The molecule has 4 rings (SSSR count). The summed E-state index contributed by atoms with van der Waals surface area (Å²) in [4.78, 5) is 19.2. The second-order valence-corrected chi connectivity index (χ2v) is 7.22. The van der Waals surface area contributed by atoms with Crippen LogP contribution in [0.5, 0.6) is 0 Å². The Bertz CT molecular complexity index is 600. The first kappa shape index (κ1) is 16.0. The van der Waals surface area contributed by atoms with E-state index < -0.39 is 0 Å². The molecule has 1 aromatic heterocycles. The van der Waals surface area contributed by atoms with Gasteiger partial charge in [0.2, 0.25) is 5.91 Å². The maximum absolute atomic E-state index is 12.7. The molecule has 3 heterocycles. The van der Waals surface area contributed by atoms with Gasteiger partial charge in [-0.15, -0.1) is 0 Å². The lowest BCUT2D eigenvalue weighted by molar-refractivity contribution is -0.148. The highest BCUT2D eigenvalue weighted by atomic mass is 16.5. The van der Waals surface area contributed by atoms with Gasteiger partial charge in [0.15, 0.2) is 0 Å². The van der Waals surface area contributed by atoms with Crippen LogP contribution in [-0.2, 0) is 22.5 Å². The Hall–Kier alpha value is -1.47. The van der Waals surface area contributed by atoms with Gasteiger partial charge in [0.05, 0.1) is 31.8 Å². The van der Waals surface area contributed by atoms with E-state index in [4.69, 9.17) is 4.74 Å². The van der Waals surface area contributed by atoms with Crippen LogP contribution in [0, 0.1) is 6.92 Å².